The van der Waals surface area contributed by atoms with Crippen LogP contribution in [0.2, 0.25) is 0 Å². The van der Waals surface area contributed by atoms with E-state index in [0.717, 1.165) is 19.3 Å². The zero-order valence-electron chi connectivity index (χ0n) is 10.9. The van der Waals surface area contributed by atoms with Gasteiger partial charge in [0.15, 0.2) is 0 Å². The zero-order valence-corrected chi connectivity index (χ0v) is 12.5. The summed E-state index contributed by atoms with van der Waals surface area (Å²) in [6.45, 7) is 2.54. The van der Waals surface area contributed by atoms with Crippen molar-refractivity contribution < 1.29 is 9.18 Å². The van der Waals surface area contributed by atoms with Gasteiger partial charge in [-0.15, -0.1) is 0 Å². The maximum absolute atomic E-state index is 13.9. The molecule has 2 unspecified atom stereocenters. The number of hydrogen-bond acceptors (Lipinski definition) is 2. The summed E-state index contributed by atoms with van der Waals surface area (Å²) in [5.74, 6) is -0.764. The summed E-state index contributed by atoms with van der Waals surface area (Å²) in [7, 11) is 0. The van der Waals surface area contributed by atoms with E-state index in [9.17, 15) is 9.18 Å². The maximum Gasteiger partial charge on any atom is 0.258 e. The van der Waals surface area contributed by atoms with Crippen LogP contribution in [0.5, 0.6) is 0 Å². The van der Waals surface area contributed by atoms with Gasteiger partial charge >= 0.3 is 0 Å². The third kappa shape index (κ3) is 2.98. The molecule has 1 fully saturated rings. The molecule has 0 spiro atoms. The molecule has 1 amide bonds. The maximum atomic E-state index is 13.9. The van der Waals surface area contributed by atoms with Crippen LogP contribution in [-0.4, -0.2) is 29.4 Å². The fraction of sp³-hybridized carbons (Fsp3) is 0.500. The van der Waals surface area contributed by atoms with E-state index in [-0.39, 0.29) is 23.6 Å². The van der Waals surface area contributed by atoms with E-state index >= 15 is 0 Å². The third-order valence-corrected chi connectivity index (χ3v) is 4.25. The van der Waals surface area contributed by atoms with Crippen molar-refractivity contribution in [3.63, 3.8) is 0 Å². The molecule has 1 heterocycles. The molecule has 0 aliphatic carbocycles. The number of rotatable bonds is 2. The topological polar surface area (TPSA) is 46.3 Å². The quantitative estimate of drug-likeness (QED) is 0.907. The number of amides is 1. The highest BCUT2D eigenvalue weighted by Gasteiger charge is 2.31. The normalized spacial score (nSPS) is 21.3. The van der Waals surface area contributed by atoms with E-state index in [2.05, 4.69) is 15.9 Å². The van der Waals surface area contributed by atoms with Crippen LogP contribution in [0, 0.1) is 5.82 Å². The first-order valence-electron chi connectivity index (χ1n) is 6.53. The molecular formula is C14H18BrFN2O. The van der Waals surface area contributed by atoms with Gasteiger partial charge in [-0.05, 0) is 54.2 Å². The van der Waals surface area contributed by atoms with E-state index < -0.39 is 5.82 Å². The van der Waals surface area contributed by atoms with Gasteiger partial charge in [0, 0.05) is 23.1 Å². The molecule has 3 nitrogen and oxygen atoms in total. The number of likely N-dealkylation sites (tertiary alicyclic amines) is 1. The van der Waals surface area contributed by atoms with Gasteiger partial charge in [-0.1, -0.05) is 6.07 Å². The Hall–Kier alpha value is -0.940. The number of carbonyl (C=O) groups is 1. The first kappa shape index (κ1) is 14.5. The lowest BCUT2D eigenvalue weighted by atomic mass is 9.96. The fourth-order valence-corrected chi connectivity index (χ4v) is 3.11. The fourth-order valence-electron chi connectivity index (χ4n) is 2.60. The summed E-state index contributed by atoms with van der Waals surface area (Å²) in [6.07, 6.45) is 2.89. The summed E-state index contributed by atoms with van der Waals surface area (Å²) < 4.78 is 14.4. The van der Waals surface area contributed by atoms with Crippen molar-refractivity contribution in [2.45, 2.75) is 38.3 Å². The average Bonchev–Trinajstić information content (AvgIpc) is 2.38. The summed E-state index contributed by atoms with van der Waals surface area (Å²) in [6, 6.07) is 4.46. The van der Waals surface area contributed by atoms with E-state index in [1.165, 1.54) is 6.07 Å². The van der Waals surface area contributed by atoms with E-state index in [0.29, 0.717) is 11.0 Å². The van der Waals surface area contributed by atoms with Crippen molar-refractivity contribution in [3.05, 3.63) is 34.1 Å². The predicted octanol–water partition coefficient (Wildman–Crippen LogP) is 2.93. The number of hydrogen-bond donors (Lipinski definition) is 1. The molecule has 1 saturated heterocycles. The molecule has 0 saturated carbocycles. The van der Waals surface area contributed by atoms with Crippen molar-refractivity contribution >= 4 is 21.8 Å². The molecule has 0 radical (unpaired) electrons. The molecule has 5 heteroatoms. The third-order valence-electron chi connectivity index (χ3n) is 3.59. The van der Waals surface area contributed by atoms with Crippen LogP contribution in [0.4, 0.5) is 4.39 Å². The minimum atomic E-state index is -0.492. The summed E-state index contributed by atoms with van der Waals surface area (Å²) in [5.41, 5.74) is 6.06. The van der Waals surface area contributed by atoms with Crippen molar-refractivity contribution in [1.82, 2.24) is 4.90 Å². The van der Waals surface area contributed by atoms with Crippen molar-refractivity contribution in [2.75, 3.05) is 6.54 Å². The molecule has 1 aromatic carbocycles. The van der Waals surface area contributed by atoms with Crippen molar-refractivity contribution in [1.29, 1.82) is 0 Å². The van der Waals surface area contributed by atoms with E-state index in [1.807, 2.05) is 6.92 Å². The summed E-state index contributed by atoms with van der Waals surface area (Å²) in [5, 5.41) is 0. The average molecular weight is 329 g/mol. The summed E-state index contributed by atoms with van der Waals surface area (Å²) in [4.78, 5) is 14.3. The first-order valence-corrected chi connectivity index (χ1v) is 7.32. The van der Waals surface area contributed by atoms with Gasteiger partial charge in [0.05, 0.1) is 5.56 Å². The van der Waals surface area contributed by atoms with Crippen LogP contribution >= 0.6 is 15.9 Å². The highest BCUT2D eigenvalue weighted by molar-refractivity contribution is 9.10. The lowest BCUT2D eigenvalue weighted by molar-refractivity contribution is 0.0578. The molecule has 2 atom stereocenters. The number of benzene rings is 1. The molecule has 2 rings (SSSR count). The molecule has 0 bridgehead atoms. The van der Waals surface area contributed by atoms with E-state index in [4.69, 9.17) is 5.73 Å². The number of carbonyl (C=O) groups excluding carboxylic acids is 1. The SMILES string of the molecule is CC(N)C1CCCCN1C(=O)c1c(F)cccc1Br. The molecule has 1 aliphatic heterocycles. The summed E-state index contributed by atoms with van der Waals surface area (Å²) >= 11 is 3.25. The van der Waals surface area contributed by atoms with Crippen molar-refractivity contribution in [3.8, 4) is 0 Å². The molecule has 1 aliphatic rings. The number of piperidine rings is 1. The van der Waals surface area contributed by atoms with Crippen LogP contribution in [0.25, 0.3) is 0 Å². The second-order valence-electron chi connectivity index (χ2n) is 5.02. The van der Waals surface area contributed by atoms with Crippen molar-refractivity contribution in [2.24, 2.45) is 5.73 Å². The largest absolute Gasteiger partial charge is 0.334 e. The molecule has 19 heavy (non-hydrogen) atoms. The molecule has 0 aromatic heterocycles. The Labute approximate surface area is 121 Å². The van der Waals surface area contributed by atoms with Crippen LogP contribution in [0.15, 0.2) is 22.7 Å². The lowest BCUT2D eigenvalue weighted by Crippen LogP contribution is -2.51. The Balaban J connectivity index is 2.32. The minimum absolute atomic E-state index is 0.00671. The van der Waals surface area contributed by atoms with Gasteiger partial charge in [0.25, 0.3) is 5.91 Å². The Morgan fingerprint density at radius 3 is 2.89 bits per heavy atom. The van der Waals surface area contributed by atoms with Gasteiger partial charge in [-0.25, -0.2) is 4.39 Å². The van der Waals surface area contributed by atoms with Crippen LogP contribution in [-0.2, 0) is 0 Å². The molecule has 2 N–H and O–H groups in total. The smallest absolute Gasteiger partial charge is 0.258 e. The van der Waals surface area contributed by atoms with Crippen LogP contribution < -0.4 is 5.73 Å². The molecule has 104 valence electrons. The minimum Gasteiger partial charge on any atom is -0.334 e. The molecule has 1 aromatic rings. The highest BCUT2D eigenvalue weighted by atomic mass is 79.9. The standard InChI is InChI=1S/C14H18BrFN2O/c1-9(17)12-7-2-3-8-18(12)14(19)13-10(15)5-4-6-11(13)16/h4-6,9,12H,2-3,7-8,17H2,1H3. The first-order chi connectivity index (χ1) is 9.02. The Morgan fingerprint density at radius 2 is 2.26 bits per heavy atom. The van der Waals surface area contributed by atoms with Gasteiger partial charge in [-0.2, -0.15) is 0 Å². The molecular weight excluding hydrogens is 311 g/mol. The Morgan fingerprint density at radius 1 is 1.53 bits per heavy atom. The number of nitrogens with zero attached hydrogens (tertiary/aromatic N) is 1. The van der Waals surface area contributed by atoms with E-state index in [1.54, 1.807) is 17.0 Å². The highest BCUT2D eigenvalue weighted by Crippen LogP contribution is 2.26. The number of nitrogens with two attached hydrogens (primary N) is 1. The lowest BCUT2D eigenvalue weighted by Gasteiger charge is -2.38. The Bertz CT molecular complexity index is 458. The number of halogens is 2. The zero-order chi connectivity index (χ0) is 14.0. The van der Waals surface area contributed by atoms with Gasteiger partial charge in [-0.3, -0.25) is 4.79 Å². The van der Waals surface area contributed by atoms with Gasteiger partial charge in [0.2, 0.25) is 0 Å². The predicted molar refractivity (Wildman–Crippen MR) is 76.4 cm³/mol. The Kier molecular flexibility index (Phi) is 4.58. The second kappa shape index (κ2) is 6.01. The van der Waals surface area contributed by atoms with Gasteiger partial charge in [0.1, 0.15) is 5.82 Å². The monoisotopic (exact) mass is 328 g/mol. The second-order valence-corrected chi connectivity index (χ2v) is 5.87. The van der Waals surface area contributed by atoms with Crippen LogP contribution in [0.3, 0.4) is 0 Å². The van der Waals surface area contributed by atoms with Gasteiger partial charge < -0.3 is 10.6 Å². The van der Waals surface area contributed by atoms with Crippen LogP contribution in [0.1, 0.15) is 36.5 Å².